The summed E-state index contributed by atoms with van der Waals surface area (Å²) < 4.78 is 57.9. The van der Waals surface area contributed by atoms with Crippen LogP contribution in [0.2, 0.25) is 0 Å². The Balaban J connectivity index is 1.06. The minimum Gasteiger partial charge on any atom is -0.479 e. The van der Waals surface area contributed by atoms with E-state index in [0.29, 0.717) is 55.7 Å². The molecule has 15 nitrogen and oxygen atoms in total. The fraction of sp³-hybridized carbons (Fsp3) is 0.0789. The maximum atomic E-state index is 12.3. The molecular weight excluding hydrogens is 743 g/mol. The summed E-state index contributed by atoms with van der Waals surface area (Å²) in [6.45, 7) is 3.69. The van der Waals surface area contributed by atoms with Gasteiger partial charge in [0.25, 0.3) is 10.1 Å². The summed E-state index contributed by atoms with van der Waals surface area (Å²) >= 11 is 0. The van der Waals surface area contributed by atoms with Gasteiger partial charge in [0.1, 0.15) is 4.90 Å². The molecule has 0 bridgehead atoms. The number of sulfone groups is 1. The lowest BCUT2D eigenvalue weighted by atomic mass is 10.1. The van der Waals surface area contributed by atoms with E-state index >= 15 is 0 Å². The SMILES string of the molecule is Cc1cc(Nc2nc(O)nc(Nc3ccc(/N=N/c4ccc(S(=O)(=O)O)c5ccccc45)c(C)c3)n2)ccc1/N=N/c1ccc(S(C)(=O)=O)c2ccccc12. The molecule has 0 aliphatic carbocycles. The average Bonchev–Trinajstić information content (AvgIpc) is 3.13. The molecular formula is C38H31N9O6S2. The predicted octanol–water partition coefficient (Wildman–Crippen LogP) is 9.47. The van der Waals surface area contributed by atoms with Crippen LogP contribution < -0.4 is 10.6 Å². The molecule has 6 aromatic carbocycles. The van der Waals surface area contributed by atoms with E-state index in [-0.39, 0.29) is 21.7 Å². The van der Waals surface area contributed by atoms with Crippen LogP contribution in [-0.4, -0.2) is 47.7 Å². The van der Waals surface area contributed by atoms with E-state index in [0.717, 1.165) is 11.1 Å². The van der Waals surface area contributed by atoms with Crippen LogP contribution in [0.3, 0.4) is 0 Å². The Hall–Kier alpha value is -6.69. The van der Waals surface area contributed by atoms with Crippen molar-refractivity contribution in [1.82, 2.24) is 15.0 Å². The highest BCUT2D eigenvalue weighted by Gasteiger charge is 2.17. The molecule has 276 valence electrons. The number of azo groups is 2. The van der Waals surface area contributed by atoms with Gasteiger partial charge in [0.15, 0.2) is 9.84 Å². The van der Waals surface area contributed by atoms with E-state index in [1.54, 1.807) is 78.9 Å². The molecule has 0 spiro atoms. The molecule has 0 unspecified atom stereocenters. The van der Waals surface area contributed by atoms with Crippen LogP contribution in [0.15, 0.2) is 139 Å². The zero-order valence-corrected chi connectivity index (χ0v) is 31.0. The number of hydrogen-bond acceptors (Lipinski definition) is 14. The van der Waals surface area contributed by atoms with Crippen molar-refractivity contribution in [2.45, 2.75) is 23.6 Å². The maximum Gasteiger partial charge on any atom is 0.320 e. The number of nitrogens with zero attached hydrogens (tertiary/aromatic N) is 7. The molecule has 17 heteroatoms. The topological polar surface area (TPSA) is 221 Å². The number of aromatic nitrogens is 3. The Morgan fingerprint density at radius 3 is 1.36 bits per heavy atom. The second-order valence-electron chi connectivity index (χ2n) is 12.4. The van der Waals surface area contributed by atoms with Crippen LogP contribution in [-0.2, 0) is 20.0 Å². The quantitative estimate of drug-likeness (QED) is 0.0757. The van der Waals surface area contributed by atoms with Crippen LogP contribution in [0.25, 0.3) is 21.5 Å². The molecule has 0 radical (unpaired) electrons. The zero-order chi connectivity index (χ0) is 38.9. The van der Waals surface area contributed by atoms with Crippen molar-refractivity contribution >= 4 is 87.5 Å². The Bertz CT molecular complexity index is 2740. The van der Waals surface area contributed by atoms with Gasteiger partial charge < -0.3 is 15.7 Å². The molecule has 0 aliphatic heterocycles. The van der Waals surface area contributed by atoms with Gasteiger partial charge in [-0.25, -0.2) is 8.42 Å². The summed E-state index contributed by atoms with van der Waals surface area (Å²) in [5, 5.41) is 36.1. The molecule has 1 heterocycles. The van der Waals surface area contributed by atoms with Gasteiger partial charge >= 0.3 is 6.01 Å². The zero-order valence-electron chi connectivity index (χ0n) is 29.4. The number of aromatic hydroxyl groups is 1. The third-order valence-corrected chi connectivity index (χ3v) is 10.5. The van der Waals surface area contributed by atoms with Crippen molar-refractivity contribution in [3.63, 3.8) is 0 Å². The van der Waals surface area contributed by atoms with Gasteiger partial charge in [-0.2, -0.15) is 33.6 Å². The van der Waals surface area contributed by atoms with E-state index in [2.05, 4.69) is 46.0 Å². The van der Waals surface area contributed by atoms with Gasteiger partial charge in [0.05, 0.1) is 27.6 Å². The van der Waals surface area contributed by atoms with Crippen LogP contribution in [0.5, 0.6) is 6.01 Å². The molecule has 4 N–H and O–H groups in total. The van der Waals surface area contributed by atoms with Crippen molar-refractivity contribution in [3.8, 4) is 6.01 Å². The third kappa shape index (κ3) is 8.13. The van der Waals surface area contributed by atoms with E-state index in [1.165, 1.54) is 24.5 Å². The number of rotatable bonds is 10. The Morgan fingerprint density at radius 1 is 0.527 bits per heavy atom. The highest BCUT2D eigenvalue weighted by Crippen LogP contribution is 2.35. The molecule has 0 saturated heterocycles. The van der Waals surface area contributed by atoms with Crippen molar-refractivity contribution in [1.29, 1.82) is 0 Å². The van der Waals surface area contributed by atoms with E-state index in [4.69, 9.17) is 0 Å². The van der Waals surface area contributed by atoms with E-state index in [1.807, 2.05) is 26.0 Å². The number of benzene rings is 6. The molecule has 55 heavy (non-hydrogen) atoms. The van der Waals surface area contributed by atoms with E-state index in [9.17, 15) is 26.5 Å². The highest BCUT2D eigenvalue weighted by atomic mass is 32.2. The van der Waals surface area contributed by atoms with Crippen molar-refractivity contribution in [3.05, 3.63) is 120 Å². The lowest BCUT2D eigenvalue weighted by Gasteiger charge is -2.10. The first-order valence-corrected chi connectivity index (χ1v) is 19.8. The minimum absolute atomic E-state index is 0.0745. The molecule has 0 fully saturated rings. The number of nitrogens with one attached hydrogen (secondary N) is 2. The van der Waals surface area contributed by atoms with Crippen molar-refractivity contribution in [2.75, 3.05) is 16.9 Å². The smallest absolute Gasteiger partial charge is 0.320 e. The van der Waals surface area contributed by atoms with Gasteiger partial charge in [-0.1, -0.05) is 48.5 Å². The average molecular weight is 774 g/mol. The minimum atomic E-state index is -4.43. The first kappa shape index (κ1) is 36.7. The third-order valence-electron chi connectivity index (χ3n) is 8.46. The molecule has 7 rings (SSSR count). The fourth-order valence-electron chi connectivity index (χ4n) is 5.87. The molecule has 0 amide bonds. The van der Waals surface area contributed by atoms with Crippen molar-refractivity contribution < 1.29 is 26.5 Å². The van der Waals surface area contributed by atoms with Gasteiger partial charge in [0.2, 0.25) is 11.9 Å². The summed E-state index contributed by atoms with van der Waals surface area (Å²) in [4.78, 5) is 12.4. The molecule has 0 atom stereocenters. The maximum absolute atomic E-state index is 12.3. The molecule has 0 saturated carbocycles. The second kappa shape index (κ2) is 14.6. The monoisotopic (exact) mass is 773 g/mol. The van der Waals surface area contributed by atoms with Crippen LogP contribution in [0, 0.1) is 13.8 Å². The van der Waals surface area contributed by atoms with Gasteiger partial charge in [-0.15, -0.1) is 10.2 Å². The number of anilines is 4. The van der Waals surface area contributed by atoms with Crippen LogP contribution in [0.1, 0.15) is 11.1 Å². The van der Waals surface area contributed by atoms with Gasteiger partial charge in [-0.05, 0) is 85.6 Å². The lowest BCUT2D eigenvalue weighted by molar-refractivity contribution is 0.430. The first-order valence-electron chi connectivity index (χ1n) is 16.5. The summed E-state index contributed by atoms with van der Waals surface area (Å²) in [6, 6.07) is 29.8. The Morgan fingerprint density at radius 2 is 0.927 bits per heavy atom. The fourth-order valence-corrected chi connectivity index (χ4v) is 7.46. The summed E-state index contributed by atoms with van der Waals surface area (Å²) in [5.41, 5.74) is 4.82. The van der Waals surface area contributed by atoms with E-state index < -0.39 is 26.0 Å². The predicted molar refractivity (Wildman–Crippen MR) is 210 cm³/mol. The summed E-state index contributed by atoms with van der Waals surface area (Å²) in [7, 11) is -7.86. The first-order chi connectivity index (χ1) is 26.2. The Kier molecular flexibility index (Phi) is 9.74. The number of fused-ring (bicyclic) bond motifs is 2. The normalized spacial score (nSPS) is 12.2. The lowest BCUT2D eigenvalue weighted by Crippen LogP contribution is -2.03. The molecule has 1 aromatic heterocycles. The standard InChI is InChI=1S/C38H31N9O6S2/c1-22-20-24(12-14-30(22)44-46-32-16-18-34(54(3,49)50)28-10-6-4-8-26(28)32)39-36-41-37(43-38(48)42-36)40-25-13-15-31(23(2)21-25)45-47-33-17-19-35(55(51,52)53)29-11-7-5-9-27(29)33/h4-21H,1-3H3,(H,51,52,53)(H3,39,40,41,42,43,48)/b46-44+,47-45+. The summed E-state index contributed by atoms with van der Waals surface area (Å²) in [5.74, 6) is 0.154. The summed E-state index contributed by atoms with van der Waals surface area (Å²) in [6.07, 6.45) is 1.17. The Labute approximate surface area is 315 Å². The van der Waals surface area contributed by atoms with Crippen LogP contribution >= 0.6 is 0 Å². The number of hydrogen-bond donors (Lipinski definition) is 4. The number of aryl methyl sites for hydroxylation is 2. The molecule has 7 aromatic rings. The van der Waals surface area contributed by atoms with Crippen molar-refractivity contribution in [2.24, 2.45) is 20.5 Å². The van der Waals surface area contributed by atoms with Crippen LogP contribution in [0.4, 0.5) is 46.0 Å². The largest absolute Gasteiger partial charge is 0.479 e. The van der Waals surface area contributed by atoms with Gasteiger partial charge in [-0.3, -0.25) is 4.55 Å². The van der Waals surface area contributed by atoms with Gasteiger partial charge in [0, 0.05) is 39.2 Å². The highest BCUT2D eigenvalue weighted by molar-refractivity contribution is 7.91. The molecule has 0 aliphatic rings. The second-order valence-corrected chi connectivity index (χ2v) is 15.8.